The fourth-order valence-corrected chi connectivity index (χ4v) is 5.36. The number of esters is 1. The van der Waals surface area contributed by atoms with Gasteiger partial charge < -0.3 is 25.2 Å². The number of halogens is 2. The summed E-state index contributed by atoms with van der Waals surface area (Å²) in [7, 11) is 0. The minimum atomic E-state index is -0.318. The Balaban J connectivity index is 0.00000253. The first-order valence-corrected chi connectivity index (χ1v) is 14.1. The number of benzene rings is 1. The van der Waals surface area contributed by atoms with Crippen molar-refractivity contribution in [2.24, 2.45) is 0 Å². The number of piperazine rings is 1. The second-order valence-corrected chi connectivity index (χ2v) is 10.7. The van der Waals surface area contributed by atoms with Crippen molar-refractivity contribution in [3.63, 3.8) is 0 Å². The molecule has 0 spiro atoms. The highest BCUT2D eigenvalue weighted by Crippen LogP contribution is 2.28. The molecule has 1 aromatic rings. The molecule has 216 valence electrons. The number of amides is 2. The second kappa shape index (κ2) is 16.5. The van der Waals surface area contributed by atoms with E-state index in [0.717, 1.165) is 64.7 Å². The predicted molar refractivity (Wildman–Crippen MR) is 158 cm³/mol. The van der Waals surface area contributed by atoms with Gasteiger partial charge in [0, 0.05) is 56.5 Å². The average molecular weight is 573 g/mol. The number of carbonyl (C=O) groups excluding carboxylic acids is 2. The van der Waals surface area contributed by atoms with E-state index in [0.29, 0.717) is 29.9 Å². The Bertz CT molecular complexity index is 841. The summed E-state index contributed by atoms with van der Waals surface area (Å²) in [5.41, 5.74) is 1.22. The van der Waals surface area contributed by atoms with Crippen molar-refractivity contribution in [1.82, 2.24) is 20.0 Å². The monoisotopic (exact) mass is 571 g/mol. The van der Waals surface area contributed by atoms with Crippen molar-refractivity contribution in [2.45, 2.75) is 76.9 Å². The number of nitrogens with zero attached hydrogens (tertiary/aromatic N) is 3. The minimum Gasteiger partial charge on any atom is -0.460 e. The van der Waals surface area contributed by atoms with Gasteiger partial charge in [-0.2, -0.15) is 0 Å². The zero-order valence-corrected chi connectivity index (χ0v) is 24.7. The van der Waals surface area contributed by atoms with Crippen LogP contribution < -0.4 is 10.6 Å². The van der Waals surface area contributed by atoms with Gasteiger partial charge in [0.15, 0.2) is 0 Å². The standard InChI is InChI=1S/C28H45N5O3.2ClH/c1-3-15-31-17-19-32(20-18-31)22(2)6-5-16-33(26-12-13-26)28(35)30-24-10-8-23(9-11-24)27(34)36-21-25-7-4-14-29-25;;/h8-11,22,25-26,29H,3-7,12-21H2,1-2H3,(H,30,35);2*1H. The van der Waals surface area contributed by atoms with Gasteiger partial charge in [0.05, 0.1) is 5.56 Å². The third-order valence-corrected chi connectivity index (χ3v) is 7.79. The molecule has 2 saturated heterocycles. The van der Waals surface area contributed by atoms with Gasteiger partial charge in [0.1, 0.15) is 6.61 Å². The number of ether oxygens (including phenoxy) is 1. The SMILES string of the molecule is CCCN1CCN(C(C)CCCN(C(=O)Nc2ccc(C(=O)OCC3CCCN3)cc2)C2CC2)CC1.Cl.Cl. The number of urea groups is 1. The molecule has 2 unspecified atom stereocenters. The molecule has 2 N–H and O–H groups in total. The largest absolute Gasteiger partial charge is 0.460 e. The van der Waals surface area contributed by atoms with Crippen LogP contribution in [0.5, 0.6) is 0 Å². The summed E-state index contributed by atoms with van der Waals surface area (Å²) >= 11 is 0. The van der Waals surface area contributed by atoms with Crippen molar-refractivity contribution in [1.29, 1.82) is 0 Å². The topological polar surface area (TPSA) is 77.2 Å². The van der Waals surface area contributed by atoms with Gasteiger partial charge in [-0.05, 0) is 89.2 Å². The minimum absolute atomic E-state index is 0. The number of anilines is 1. The van der Waals surface area contributed by atoms with Gasteiger partial charge in [-0.25, -0.2) is 9.59 Å². The Hall–Kier alpha value is -1.58. The fourth-order valence-electron chi connectivity index (χ4n) is 5.36. The Morgan fingerprint density at radius 2 is 1.82 bits per heavy atom. The highest BCUT2D eigenvalue weighted by molar-refractivity contribution is 5.92. The maximum Gasteiger partial charge on any atom is 0.338 e. The molecule has 0 bridgehead atoms. The lowest BCUT2D eigenvalue weighted by Gasteiger charge is -2.38. The predicted octanol–water partition coefficient (Wildman–Crippen LogP) is 4.63. The van der Waals surface area contributed by atoms with Gasteiger partial charge in [-0.3, -0.25) is 4.90 Å². The summed E-state index contributed by atoms with van der Waals surface area (Å²) in [4.78, 5) is 32.5. The van der Waals surface area contributed by atoms with E-state index in [1.165, 1.54) is 26.1 Å². The molecule has 3 aliphatic rings. The van der Waals surface area contributed by atoms with E-state index in [1.54, 1.807) is 24.3 Å². The van der Waals surface area contributed by atoms with E-state index < -0.39 is 0 Å². The molecule has 4 rings (SSSR count). The van der Waals surface area contributed by atoms with Gasteiger partial charge in [-0.15, -0.1) is 24.8 Å². The summed E-state index contributed by atoms with van der Waals surface area (Å²) in [6.45, 7) is 12.6. The smallest absolute Gasteiger partial charge is 0.338 e. The van der Waals surface area contributed by atoms with E-state index >= 15 is 0 Å². The molecule has 1 saturated carbocycles. The molecule has 0 radical (unpaired) electrons. The quantitative estimate of drug-likeness (QED) is 0.356. The zero-order valence-electron chi connectivity index (χ0n) is 23.0. The van der Waals surface area contributed by atoms with Crippen molar-refractivity contribution >= 4 is 42.5 Å². The lowest BCUT2D eigenvalue weighted by molar-refractivity contribution is 0.0473. The molecule has 3 fully saturated rings. The maximum absolute atomic E-state index is 13.0. The van der Waals surface area contributed by atoms with Gasteiger partial charge in [0.2, 0.25) is 0 Å². The van der Waals surface area contributed by atoms with Crippen LogP contribution in [0.15, 0.2) is 24.3 Å². The molecule has 1 aromatic carbocycles. The molecular formula is C28H47Cl2N5O3. The summed E-state index contributed by atoms with van der Waals surface area (Å²) in [6, 6.07) is 8.15. The number of hydrogen-bond donors (Lipinski definition) is 2. The lowest BCUT2D eigenvalue weighted by Crippen LogP contribution is -2.49. The summed E-state index contributed by atoms with van der Waals surface area (Å²) in [6.07, 6.45) is 7.70. The molecule has 2 amide bonds. The van der Waals surface area contributed by atoms with Crippen molar-refractivity contribution in [2.75, 3.05) is 57.7 Å². The van der Waals surface area contributed by atoms with Crippen LogP contribution in [0.4, 0.5) is 10.5 Å². The fraction of sp³-hybridized carbons (Fsp3) is 0.714. The van der Waals surface area contributed by atoms with Crippen LogP contribution in [0.2, 0.25) is 0 Å². The molecule has 1 aliphatic carbocycles. The van der Waals surface area contributed by atoms with Crippen molar-refractivity contribution in [3.8, 4) is 0 Å². The Morgan fingerprint density at radius 1 is 1.11 bits per heavy atom. The molecule has 10 heteroatoms. The second-order valence-electron chi connectivity index (χ2n) is 10.7. The van der Waals surface area contributed by atoms with Gasteiger partial charge >= 0.3 is 12.0 Å². The van der Waals surface area contributed by atoms with E-state index in [-0.39, 0.29) is 42.9 Å². The maximum atomic E-state index is 13.0. The summed E-state index contributed by atoms with van der Waals surface area (Å²) in [5.74, 6) is -0.318. The van der Waals surface area contributed by atoms with Crippen molar-refractivity contribution < 1.29 is 14.3 Å². The normalized spacial score (nSPS) is 20.6. The molecule has 38 heavy (non-hydrogen) atoms. The number of carbonyl (C=O) groups is 2. The van der Waals surface area contributed by atoms with Crippen LogP contribution in [0.3, 0.4) is 0 Å². The van der Waals surface area contributed by atoms with Crippen LogP contribution in [-0.4, -0.2) is 97.2 Å². The Morgan fingerprint density at radius 3 is 2.42 bits per heavy atom. The van der Waals surface area contributed by atoms with E-state index in [2.05, 4.69) is 34.3 Å². The van der Waals surface area contributed by atoms with Crippen LogP contribution in [0, 0.1) is 0 Å². The molecule has 2 atom stereocenters. The summed E-state index contributed by atoms with van der Waals surface area (Å²) < 4.78 is 5.43. The van der Waals surface area contributed by atoms with Crippen LogP contribution in [0.1, 0.15) is 69.2 Å². The highest BCUT2D eigenvalue weighted by Gasteiger charge is 2.32. The zero-order chi connectivity index (χ0) is 25.3. The van der Waals surface area contributed by atoms with E-state index in [4.69, 9.17) is 4.74 Å². The number of rotatable bonds is 12. The summed E-state index contributed by atoms with van der Waals surface area (Å²) in [5, 5.41) is 6.36. The third-order valence-electron chi connectivity index (χ3n) is 7.79. The molecule has 8 nitrogen and oxygen atoms in total. The first kappa shape index (κ1) is 32.6. The first-order valence-electron chi connectivity index (χ1n) is 14.1. The third kappa shape index (κ3) is 9.87. The molecular weight excluding hydrogens is 525 g/mol. The average Bonchev–Trinajstić information content (AvgIpc) is 3.59. The van der Waals surface area contributed by atoms with Crippen LogP contribution in [-0.2, 0) is 4.74 Å². The number of nitrogens with one attached hydrogen (secondary N) is 2. The molecule has 2 aliphatic heterocycles. The number of hydrogen-bond acceptors (Lipinski definition) is 6. The highest BCUT2D eigenvalue weighted by atomic mass is 35.5. The van der Waals surface area contributed by atoms with Crippen molar-refractivity contribution in [3.05, 3.63) is 29.8 Å². The molecule has 2 heterocycles. The van der Waals surface area contributed by atoms with Crippen LogP contribution >= 0.6 is 24.8 Å². The van der Waals surface area contributed by atoms with E-state index in [9.17, 15) is 9.59 Å². The first-order chi connectivity index (χ1) is 17.5. The van der Waals surface area contributed by atoms with E-state index in [1.807, 2.05) is 4.90 Å². The molecule has 0 aromatic heterocycles. The Kier molecular flexibility index (Phi) is 14.2. The van der Waals surface area contributed by atoms with Gasteiger partial charge in [-0.1, -0.05) is 6.92 Å². The van der Waals surface area contributed by atoms with Crippen LogP contribution in [0.25, 0.3) is 0 Å². The lowest BCUT2D eigenvalue weighted by atomic mass is 10.1. The Labute approximate surface area is 241 Å². The van der Waals surface area contributed by atoms with Gasteiger partial charge in [0.25, 0.3) is 0 Å².